The molecule has 0 bridgehead atoms. The summed E-state index contributed by atoms with van der Waals surface area (Å²) >= 11 is 6.27. The molecular formula is C27H27ClN8O2. The van der Waals surface area contributed by atoms with E-state index in [0.717, 1.165) is 43.0 Å². The maximum Gasteiger partial charge on any atom is 0.251 e. The van der Waals surface area contributed by atoms with Crippen molar-refractivity contribution < 1.29 is 9.53 Å². The van der Waals surface area contributed by atoms with E-state index in [1.54, 1.807) is 30.7 Å². The summed E-state index contributed by atoms with van der Waals surface area (Å²) in [6.45, 7) is 2.12. The second-order valence-electron chi connectivity index (χ2n) is 9.45. The Morgan fingerprint density at radius 3 is 2.79 bits per heavy atom. The van der Waals surface area contributed by atoms with Crippen LogP contribution in [0.3, 0.4) is 0 Å². The van der Waals surface area contributed by atoms with E-state index in [2.05, 4.69) is 36.1 Å². The van der Waals surface area contributed by atoms with Crippen LogP contribution in [0.2, 0.25) is 5.02 Å². The van der Waals surface area contributed by atoms with Gasteiger partial charge in [0.2, 0.25) is 0 Å². The maximum atomic E-state index is 13.3. The van der Waals surface area contributed by atoms with Crippen LogP contribution in [-0.2, 0) is 5.54 Å². The van der Waals surface area contributed by atoms with Gasteiger partial charge in [0.1, 0.15) is 5.69 Å². The number of halogens is 1. The third kappa shape index (κ3) is 4.80. The SMILES string of the molecule is O=C(N[C@@H]1CCOc2c(Cl)ccnc21)c1cccc(NC2(c3nc(-c4ccncc4)n[nH]3)CCNCC2)c1. The van der Waals surface area contributed by atoms with Gasteiger partial charge in [0, 0.05) is 41.8 Å². The first-order valence-electron chi connectivity index (χ1n) is 12.6. The maximum absolute atomic E-state index is 13.3. The van der Waals surface area contributed by atoms with E-state index >= 15 is 0 Å². The highest BCUT2D eigenvalue weighted by atomic mass is 35.5. The molecular weight excluding hydrogens is 504 g/mol. The minimum atomic E-state index is -0.459. The number of benzene rings is 1. The number of aromatic amines is 1. The summed E-state index contributed by atoms with van der Waals surface area (Å²) in [6, 6.07) is 12.7. The van der Waals surface area contributed by atoms with Crippen LogP contribution in [0, 0.1) is 0 Å². The summed E-state index contributed by atoms with van der Waals surface area (Å²) in [7, 11) is 0. The number of nitrogens with zero attached hydrogens (tertiary/aromatic N) is 4. The van der Waals surface area contributed by atoms with Crippen LogP contribution in [0.15, 0.2) is 61.1 Å². The Kier molecular flexibility index (Phi) is 6.65. The molecule has 38 heavy (non-hydrogen) atoms. The lowest BCUT2D eigenvalue weighted by molar-refractivity contribution is 0.0923. The van der Waals surface area contributed by atoms with E-state index in [4.69, 9.17) is 21.3 Å². The van der Waals surface area contributed by atoms with E-state index in [-0.39, 0.29) is 11.9 Å². The zero-order valence-electron chi connectivity index (χ0n) is 20.6. The van der Waals surface area contributed by atoms with Crippen molar-refractivity contribution in [2.24, 2.45) is 0 Å². The molecule has 4 N–H and O–H groups in total. The molecule has 1 saturated heterocycles. The van der Waals surface area contributed by atoms with Gasteiger partial charge in [0.15, 0.2) is 17.4 Å². The van der Waals surface area contributed by atoms with E-state index in [9.17, 15) is 4.79 Å². The normalized spacial score (nSPS) is 18.2. The number of pyridine rings is 2. The van der Waals surface area contributed by atoms with E-state index in [1.807, 2.05) is 30.3 Å². The van der Waals surface area contributed by atoms with Crippen molar-refractivity contribution in [3.05, 3.63) is 83.2 Å². The summed E-state index contributed by atoms with van der Waals surface area (Å²) in [5, 5.41) is 18.3. The first-order chi connectivity index (χ1) is 18.6. The van der Waals surface area contributed by atoms with Crippen LogP contribution in [0.5, 0.6) is 5.75 Å². The number of aromatic nitrogens is 5. The number of amides is 1. The van der Waals surface area contributed by atoms with Crippen molar-refractivity contribution in [3.63, 3.8) is 0 Å². The zero-order chi connectivity index (χ0) is 26.0. The third-order valence-corrected chi connectivity index (χ3v) is 7.31. The topological polar surface area (TPSA) is 130 Å². The van der Waals surface area contributed by atoms with Gasteiger partial charge in [-0.15, -0.1) is 0 Å². The number of anilines is 1. The van der Waals surface area contributed by atoms with Gasteiger partial charge in [-0.25, -0.2) is 4.98 Å². The van der Waals surface area contributed by atoms with Gasteiger partial charge < -0.3 is 20.7 Å². The first kappa shape index (κ1) is 24.3. The van der Waals surface area contributed by atoms with Gasteiger partial charge in [-0.3, -0.25) is 19.9 Å². The van der Waals surface area contributed by atoms with Gasteiger partial charge in [-0.05, 0) is 62.3 Å². The number of hydrogen-bond acceptors (Lipinski definition) is 8. The number of rotatable bonds is 6. The number of ether oxygens (including phenoxy) is 1. The minimum absolute atomic E-state index is 0.188. The van der Waals surface area contributed by atoms with Gasteiger partial charge >= 0.3 is 0 Å². The predicted molar refractivity (Wildman–Crippen MR) is 143 cm³/mol. The predicted octanol–water partition coefficient (Wildman–Crippen LogP) is 3.86. The van der Waals surface area contributed by atoms with Crippen LogP contribution in [0.25, 0.3) is 11.4 Å². The van der Waals surface area contributed by atoms with Crippen molar-refractivity contribution >= 4 is 23.2 Å². The van der Waals surface area contributed by atoms with Crippen LogP contribution >= 0.6 is 11.6 Å². The Bertz CT molecular complexity index is 1440. The second-order valence-corrected chi connectivity index (χ2v) is 9.86. The molecule has 1 atom stereocenters. The zero-order valence-corrected chi connectivity index (χ0v) is 21.3. The summed E-state index contributed by atoms with van der Waals surface area (Å²) < 4.78 is 5.68. The lowest BCUT2D eigenvalue weighted by atomic mass is 9.87. The fraction of sp³-hybridized carbons (Fsp3) is 0.296. The first-order valence-corrected chi connectivity index (χ1v) is 13.0. The molecule has 2 aliphatic heterocycles. The lowest BCUT2D eigenvalue weighted by Crippen LogP contribution is -2.46. The van der Waals surface area contributed by atoms with E-state index in [1.165, 1.54) is 0 Å². The van der Waals surface area contributed by atoms with Gasteiger partial charge in [0.25, 0.3) is 5.91 Å². The van der Waals surface area contributed by atoms with Crippen molar-refractivity contribution in [1.29, 1.82) is 0 Å². The fourth-order valence-corrected chi connectivity index (χ4v) is 5.23. The Hall–Kier alpha value is -4.02. The Balaban J connectivity index is 1.23. The third-order valence-electron chi connectivity index (χ3n) is 7.02. The fourth-order valence-electron chi connectivity index (χ4n) is 5.02. The van der Waals surface area contributed by atoms with Crippen molar-refractivity contribution in [2.45, 2.75) is 30.8 Å². The molecule has 194 valence electrons. The largest absolute Gasteiger partial charge is 0.490 e. The molecule has 4 aromatic rings. The number of fused-ring (bicyclic) bond motifs is 1. The van der Waals surface area contributed by atoms with Crippen molar-refractivity contribution in [1.82, 2.24) is 35.8 Å². The average molecular weight is 531 g/mol. The van der Waals surface area contributed by atoms with Crippen LogP contribution in [-0.4, -0.2) is 50.8 Å². The Morgan fingerprint density at radius 2 is 1.95 bits per heavy atom. The van der Waals surface area contributed by atoms with Crippen LogP contribution in [0.1, 0.15) is 47.2 Å². The summed E-state index contributed by atoms with van der Waals surface area (Å²) in [5.41, 5.74) is 2.46. The molecule has 2 aliphatic rings. The molecule has 0 aliphatic carbocycles. The molecule has 11 heteroatoms. The molecule has 0 radical (unpaired) electrons. The highest BCUT2D eigenvalue weighted by molar-refractivity contribution is 6.32. The van der Waals surface area contributed by atoms with Gasteiger partial charge in [-0.1, -0.05) is 17.7 Å². The average Bonchev–Trinajstić information content (AvgIpc) is 3.46. The molecule has 0 spiro atoms. The second kappa shape index (κ2) is 10.4. The van der Waals surface area contributed by atoms with Gasteiger partial charge in [0.05, 0.1) is 23.2 Å². The van der Waals surface area contributed by atoms with Crippen LogP contribution < -0.4 is 20.7 Å². The molecule has 0 saturated carbocycles. The minimum Gasteiger partial charge on any atom is -0.490 e. The number of carbonyl (C=O) groups excluding carboxylic acids is 1. The number of piperidine rings is 1. The number of hydrogen-bond donors (Lipinski definition) is 4. The molecule has 10 nitrogen and oxygen atoms in total. The number of carbonyl (C=O) groups is 1. The summed E-state index contributed by atoms with van der Waals surface area (Å²) in [5.74, 6) is 1.74. The highest BCUT2D eigenvalue weighted by Gasteiger charge is 2.37. The van der Waals surface area contributed by atoms with Gasteiger partial charge in [-0.2, -0.15) is 5.10 Å². The monoisotopic (exact) mass is 530 g/mol. The molecule has 3 aromatic heterocycles. The van der Waals surface area contributed by atoms with Crippen molar-refractivity contribution in [2.75, 3.05) is 25.0 Å². The molecule has 0 unspecified atom stereocenters. The molecule has 5 heterocycles. The smallest absolute Gasteiger partial charge is 0.251 e. The quantitative estimate of drug-likeness (QED) is 0.296. The summed E-state index contributed by atoms with van der Waals surface area (Å²) in [4.78, 5) is 26.6. The number of nitrogens with one attached hydrogen (secondary N) is 4. The Labute approximate surface area is 224 Å². The lowest BCUT2D eigenvalue weighted by Gasteiger charge is -2.37. The molecule has 1 fully saturated rings. The molecule has 6 rings (SSSR count). The van der Waals surface area contributed by atoms with E-state index < -0.39 is 5.54 Å². The Morgan fingerprint density at radius 1 is 1.11 bits per heavy atom. The van der Waals surface area contributed by atoms with Crippen LogP contribution in [0.4, 0.5) is 5.69 Å². The standard InChI is InChI=1S/C27H27ClN8O2/c28-20-6-12-31-22-21(7-15-38-23(20)22)32-25(37)18-2-1-3-19(16-18)34-27(8-13-30-14-9-27)26-33-24(35-36-26)17-4-10-29-11-5-17/h1-6,10-12,16,21,30,34H,7-9,13-15H2,(H,32,37)(H,33,35,36)/t21-/m1/s1. The van der Waals surface area contributed by atoms with Crippen molar-refractivity contribution in [3.8, 4) is 17.1 Å². The molecule has 1 amide bonds. The number of H-pyrrole nitrogens is 1. The molecule has 1 aromatic carbocycles. The summed E-state index contributed by atoms with van der Waals surface area (Å²) in [6.07, 6.45) is 7.31. The highest BCUT2D eigenvalue weighted by Crippen LogP contribution is 2.36. The van der Waals surface area contributed by atoms with E-state index in [0.29, 0.717) is 40.9 Å².